The number of thiazole rings is 1. The second-order valence-corrected chi connectivity index (χ2v) is 21.2. The fourth-order valence-electron chi connectivity index (χ4n) is 9.12. The van der Waals surface area contributed by atoms with Crippen molar-refractivity contribution in [2.75, 3.05) is 21.7 Å². The first-order chi connectivity index (χ1) is 35.9. The number of aliphatic hydroxyl groups is 1. The summed E-state index contributed by atoms with van der Waals surface area (Å²) < 4.78 is 56.9. The molecule has 76 heavy (non-hydrogen) atoms. The Kier molecular flexibility index (Phi) is 15.3. The first-order valence-corrected chi connectivity index (χ1v) is 25.2. The van der Waals surface area contributed by atoms with Gasteiger partial charge in [-0.05, 0) is 104 Å². The highest BCUT2D eigenvalue weighted by atomic mass is 32.1. The van der Waals surface area contributed by atoms with Crippen molar-refractivity contribution >= 4 is 75.3 Å². The number of thiocarbonyl (C=S) groups is 1. The number of halogens is 4. The number of amides is 5. The van der Waals surface area contributed by atoms with Gasteiger partial charge in [0.25, 0.3) is 11.8 Å². The Balaban J connectivity index is 0.852. The Morgan fingerprint density at radius 2 is 1.58 bits per heavy atom. The summed E-state index contributed by atoms with van der Waals surface area (Å²) >= 11 is 7.09. The van der Waals surface area contributed by atoms with Crippen LogP contribution in [0.5, 0.6) is 0 Å². The van der Waals surface area contributed by atoms with Gasteiger partial charge in [-0.2, -0.15) is 18.4 Å². The molecule has 0 aliphatic carbocycles. The average molecular weight is 1070 g/mol. The standard InChI is InChI=1S/C55H51F4N9O6S2/c1-30-46(76-29-63-30)34-11-9-32(10-12-34)26-62-49(72)42-24-39(69)28-66(42)50(73)47(53(2,3)4)65-48(71)35-13-7-31(8-14-35)23-43(70)64-37-18-15-33(16-19-37)40-21-20-38(27-61-40)68-52(75)67(51(74)54(68,5)6)41-22-17-36(25-60)44(45(41)56)55(57,58)59/h7-22,27,29,39,42,47,69H,23-24,26,28H2,1-6H3,(H,62,72)(H,64,70)(H,65,71)/t39-,42?,47-/m1/s1. The van der Waals surface area contributed by atoms with Gasteiger partial charge in [-0.3, -0.25) is 33.9 Å². The number of rotatable bonds is 13. The van der Waals surface area contributed by atoms with Gasteiger partial charge in [0, 0.05) is 36.3 Å². The van der Waals surface area contributed by atoms with Crippen molar-refractivity contribution in [3.63, 3.8) is 0 Å². The van der Waals surface area contributed by atoms with Crippen LogP contribution in [0.2, 0.25) is 0 Å². The number of anilines is 3. The van der Waals surface area contributed by atoms with Gasteiger partial charge in [0.2, 0.25) is 17.7 Å². The van der Waals surface area contributed by atoms with E-state index in [1.165, 1.54) is 35.9 Å². The van der Waals surface area contributed by atoms with Crippen LogP contribution in [0.4, 0.5) is 34.6 Å². The zero-order chi connectivity index (χ0) is 55.0. The number of aromatic nitrogens is 2. The van der Waals surface area contributed by atoms with E-state index in [-0.39, 0.29) is 42.5 Å². The number of carbonyl (C=O) groups is 5. The molecule has 2 aliphatic rings. The van der Waals surface area contributed by atoms with Gasteiger partial charge in [0.15, 0.2) is 10.9 Å². The van der Waals surface area contributed by atoms with Crippen LogP contribution < -0.4 is 25.8 Å². The number of likely N-dealkylation sites (tertiary alicyclic amines) is 1. The third kappa shape index (κ3) is 11.2. The summed E-state index contributed by atoms with van der Waals surface area (Å²) in [6.07, 6.45) is -4.73. The topological polar surface area (TPSA) is 201 Å². The molecule has 8 rings (SSSR count). The van der Waals surface area contributed by atoms with Gasteiger partial charge < -0.3 is 30.9 Å². The van der Waals surface area contributed by atoms with Crippen LogP contribution in [0, 0.1) is 29.5 Å². The summed E-state index contributed by atoms with van der Waals surface area (Å²) in [4.78, 5) is 81.4. The zero-order valence-corrected chi connectivity index (χ0v) is 43.6. The second kappa shape index (κ2) is 21.4. The predicted octanol–water partition coefficient (Wildman–Crippen LogP) is 8.73. The molecule has 6 aromatic rings. The monoisotopic (exact) mass is 1070 g/mol. The number of pyridine rings is 1. The van der Waals surface area contributed by atoms with E-state index in [2.05, 4.69) is 25.9 Å². The molecule has 4 heterocycles. The van der Waals surface area contributed by atoms with Crippen LogP contribution in [0.3, 0.4) is 0 Å². The fraction of sp³-hybridized carbons (Fsp3) is 0.291. The highest BCUT2D eigenvalue weighted by Gasteiger charge is 2.52. The molecule has 3 atom stereocenters. The summed E-state index contributed by atoms with van der Waals surface area (Å²) in [6.45, 7) is 10.4. The molecule has 0 spiro atoms. The van der Waals surface area contributed by atoms with E-state index in [1.54, 1.807) is 98.3 Å². The second-order valence-electron chi connectivity index (χ2n) is 20.0. The normalized spacial score (nSPS) is 16.8. The van der Waals surface area contributed by atoms with E-state index < -0.39 is 81.6 Å². The first kappa shape index (κ1) is 54.3. The molecule has 2 fully saturated rings. The molecule has 1 unspecified atom stereocenters. The largest absolute Gasteiger partial charge is 0.420 e. The van der Waals surface area contributed by atoms with E-state index in [0.717, 1.165) is 33.8 Å². The lowest BCUT2D eigenvalue weighted by Crippen LogP contribution is -2.57. The van der Waals surface area contributed by atoms with E-state index in [9.17, 15) is 47.5 Å². The van der Waals surface area contributed by atoms with E-state index >= 15 is 4.39 Å². The van der Waals surface area contributed by atoms with Crippen molar-refractivity contribution < 1.29 is 46.6 Å². The molecule has 2 aromatic heterocycles. The van der Waals surface area contributed by atoms with Crippen LogP contribution in [0.25, 0.3) is 21.7 Å². The maximum absolute atomic E-state index is 15.5. The number of hydrogen-bond acceptors (Lipinski definition) is 11. The van der Waals surface area contributed by atoms with Crippen molar-refractivity contribution in [1.29, 1.82) is 5.26 Å². The molecule has 0 bridgehead atoms. The van der Waals surface area contributed by atoms with Crippen LogP contribution in [-0.4, -0.2) is 84.9 Å². The van der Waals surface area contributed by atoms with Crippen molar-refractivity contribution in [3.05, 3.63) is 148 Å². The quantitative estimate of drug-likeness (QED) is 0.0637. The summed E-state index contributed by atoms with van der Waals surface area (Å²) in [5, 5.41) is 28.2. The lowest BCUT2D eigenvalue weighted by Gasteiger charge is -2.35. The SMILES string of the molecule is Cc1ncsc1-c1ccc(CNC(=O)C2C[C@@H](O)CN2C(=O)[C@@H](NC(=O)c2ccc(CC(=O)Nc3ccc(-c4ccc(N5C(=S)N(c6ccc(C#N)c(C(F)(F)F)c6F)C(=O)C5(C)C)cn4)cc3)cc2)C(C)(C)C)cc1. The van der Waals surface area contributed by atoms with Crippen LogP contribution >= 0.6 is 23.6 Å². The van der Waals surface area contributed by atoms with Crippen LogP contribution in [0.1, 0.15) is 79.3 Å². The minimum absolute atomic E-state index is 0.0374. The molecular weight excluding hydrogens is 1020 g/mol. The summed E-state index contributed by atoms with van der Waals surface area (Å²) in [7, 11) is 0. The predicted molar refractivity (Wildman–Crippen MR) is 282 cm³/mol. The Bertz CT molecular complexity index is 3280. The molecule has 21 heteroatoms. The van der Waals surface area contributed by atoms with Gasteiger partial charge in [-0.25, -0.2) is 9.37 Å². The maximum atomic E-state index is 15.5. The Morgan fingerprint density at radius 3 is 2.17 bits per heavy atom. The van der Waals surface area contributed by atoms with Crippen molar-refractivity contribution in [2.45, 2.75) is 90.8 Å². The zero-order valence-electron chi connectivity index (χ0n) is 42.0. The van der Waals surface area contributed by atoms with Gasteiger partial charge in [-0.1, -0.05) is 69.3 Å². The minimum Gasteiger partial charge on any atom is -0.391 e. The molecular formula is C55H51F4N9O6S2. The number of β-amino-alcohol motifs (C(OH)–C–C–N with tert-alkyl or cyclic N) is 1. The van der Waals surface area contributed by atoms with E-state index in [0.29, 0.717) is 33.1 Å². The number of benzene rings is 4. The highest BCUT2D eigenvalue weighted by Crippen LogP contribution is 2.42. The van der Waals surface area contributed by atoms with Crippen LogP contribution in [0.15, 0.2) is 109 Å². The van der Waals surface area contributed by atoms with Gasteiger partial charge in [0.1, 0.15) is 23.2 Å². The number of hydrogen-bond donors (Lipinski definition) is 4. The number of alkyl halides is 3. The van der Waals surface area contributed by atoms with Crippen molar-refractivity contribution in [3.8, 4) is 27.8 Å². The molecule has 15 nitrogen and oxygen atoms in total. The minimum atomic E-state index is -5.22. The molecule has 2 saturated heterocycles. The van der Waals surface area contributed by atoms with Gasteiger partial charge in [-0.15, -0.1) is 11.3 Å². The lowest BCUT2D eigenvalue weighted by atomic mass is 9.85. The van der Waals surface area contributed by atoms with E-state index in [4.69, 9.17) is 12.2 Å². The number of nitrogens with zero attached hydrogens (tertiary/aromatic N) is 6. The smallest absolute Gasteiger partial charge is 0.391 e. The molecule has 0 saturated carbocycles. The van der Waals surface area contributed by atoms with Gasteiger partial charge in [0.05, 0.1) is 63.5 Å². The lowest BCUT2D eigenvalue weighted by molar-refractivity contribution is -0.142. The Hall–Kier alpha value is -7.93. The first-order valence-electron chi connectivity index (χ1n) is 23.9. The summed E-state index contributed by atoms with van der Waals surface area (Å²) in [5.74, 6) is -4.41. The average Bonchev–Trinajstić information content (AvgIpc) is 4.08. The Labute approximate surface area is 444 Å². The van der Waals surface area contributed by atoms with Crippen LogP contribution in [-0.2, 0) is 38.3 Å². The molecule has 0 radical (unpaired) electrons. The van der Waals surface area contributed by atoms with Crippen molar-refractivity contribution in [2.24, 2.45) is 5.41 Å². The summed E-state index contributed by atoms with van der Waals surface area (Å²) in [5.41, 5.74) is 1.60. The molecule has 2 aliphatic heterocycles. The number of nitriles is 1. The molecule has 392 valence electrons. The summed E-state index contributed by atoms with van der Waals surface area (Å²) in [6, 6.07) is 25.1. The molecule has 4 N–H and O–H groups in total. The van der Waals surface area contributed by atoms with Crippen molar-refractivity contribution in [1.82, 2.24) is 25.5 Å². The van der Waals surface area contributed by atoms with Gasteiger partial charge >= 0.3 is 6.18 Å². The van der Waals surface area contributed by atoms with E-state index in [1.807, 2.05) is 31.2 Å². The highest BCUT2D eigenvalue weighted by molar-refractivity contribution is 7.81. The number of carbonyl (C=O) groups excluding carboxylic acids is 5. The molecule has 4 aromatic carbocycles. The number of aliphatic hydroxyl groups excluding tert-OH is 1. The third-order valence-corrected chi connectivity index (χ3v) is 14.5. The Morgan fingerprint density at radius 1 is 0.921 bits per heavy atom. The fourth-order valence-corrected chi connectivity index (χ4v) is 10.4. The number of nitrogens with one attached hydrogen (secondary N) is 3. The maximum Gasteiger partial charge on any atom is 0.420 e. The third-order valence-electron chi connectivity index (χ3n) is 13.2. The number of aryl methyl sites for hydroxylation is 1. The molecule has 5 amide bonds.